The van der Waals surface area contributed by atoms with E-state index in [2.05, 4.69) is 15.4 Å². The molecule has 0 bridgehead atoms. The van der Waals surface area contributed by atoms with E-state index in [0.29, 0.717) is 17.3 Å². The number of alkyl halides is 3. The fourth-order valence-electron chi connectivity index (χ4n) is 2.36. The van der Waals surface area contributed by atoms with Gasteiger partial charge in [0.05, 0.1) is 11.4 Å². The highest BCUT2D eigenvalue weighted by molar-refractivity contribution is 5.92. The molecular weight excluding hydrogens is 325 g/mol. The molecule has 0 unspecified atom stereocenters. The van der Waals surface area contributed by atoms with E-state index in [1.165, 1.54) is 6.92 Å². The van der Waals surface area contributed by atoms with Crippen molar-refractivity contribution in [2.24, 2.45) is 5.92 Å². The minimum Gasteiger partial charge on any atom is -0.436 e. The molecule has 2 aromatic heterocycles. The van der Waals surface area contributed by atoms with E-state index in [9.17, 15) is 18.0 Å². The van der Waals surface area contributed by atoms with Crippen molar-refractivity contribution in [3.63, 3.8) is 0 Å². The highest BCUT2D eigenvalue weighted by Gasteiger charge is 2.35. The number of carbonyl (C=O) groups excluding carboxylic acids is 1. The molecule has 0 aromatic carbocycles. The molecule has 1 amide bonds. The van der Waals surface area contributed by atoms with Crippen molar-refractivity contribution in [2.45, 2.75) is 40.4 Å². The average molecular weight is 344 g/mol. The lowest BCUT2D eigenvalue weighted by Gasteiger charge is -2.15. The van der Waals surface area contributed by atoms with E-state index in [0.717, 1.165) is 10.7 Å². The van der Waals surface area contributed by atoms with Gasteiger partial charge in [0, 0.05) is 20.0 Å². The summed E-state index contributed by atoms with van der Waals surface area (Å²) >= 11 is 0. The van der Waals surface area contributed by atoms with Gasteiger partial charge in [-0.25, -0.2) is 4.98 Å². The maximum atomic E-state index is 12.9. The third kappa shape index (κ3) is 4.15. The summed E-state index contributed by atoms with van der Waals surface area (Å²) in [7, 11) is 0. The van der Waals surface area contributed by atoms with Crippen LogP contribution in [0.4, 0.5) is 13.2 Å². The lowest BCUT2D eigenvalue weighted by Crippen LogP contribution is -2.31. The summed E-state index contributed by atoms with van der Waals surface area (Å²) in [5, 5.41) is 6.52. The van der Waals surface area contributed by atoms with Crippen molar-refractivity contribution in [3.05, 3.63) is 34.8 Å². The second-order valence-electron chi connectivity index (χ2n) is 5.81. The molecule has 2 heterocycles. The zero-order chi connectivity index (χ0) is 18.1. The molecule has 0 saturated carbocycles. The van der Waals surface area contributed by atoms with Crippen LogP contribution in [0.2, 0.25) is 0 Å². The second kappa shape index (κ2) is 6.66. The Morgan fingerprint density at radius 2 is 2.04 bits per heavy atom. The van der Waals surface area contributed by atoms with E-state index in [1.807, 2.05) is 0 Å². The predicted molar refractivity (Wildman–Crippen MR) is 79.4 cm³/mol. The number of amides is 1. The van der Waals surface area contributed by atoms with Crippen molar-refractivity contribution in [2.75, 3.05) is 6.54 Å². The minimum absolute atomic E-state index is 0.0391. The van der Waals surface area contributed by atoms with E-state index >= 15 is 0 Å². The third-order valence-corrected chi connectivity index (χ3v) is 3.40. The smallest absolute Gasteiger partial charge is 0.433 e. The molecule has 0 aliphatic rings. The van der Waals surface area contributed by atoms with Gasteiger partial charge in [-0.3, -0.25) is 9.48 Å². The van der Waals surface area contributed by atoms with Crippen LogP contribution in [0.15, 0.2) is 10.5 Å². The van der Waals surface area contributed by atoms with Gasteiger partial charge in [-0.05, 0) is 25.8 Å². The fourth-order valence-corrected chi connectivity index (χ4v) is 2.36. The molecule has 2 rings (SSSR count). The third-order valence-electron chi connectivity index (χ3n) is 3.40. The van der Waals surface area contributed by atoms with E-state index in [4.69, 9.17) is 4.42 Å². The average Bonchev–Trinajstić information content (AvgIpc) is 2.98. The molecule has 0 aliphatic carbocycles. The number of aryl methyl sites for hydroxylation is 3. The van der Waals surface area contributed by atoms with Crippen molar-refractivity contribution >= 4 is 5.91 Å². The molecule has 1 atom stereocenters. The number of hydrogen-bond acceptors (Lipinski definition) is 4. The summed E-state index contributed by atoms with van der Waals surface area (Å²) < 4.78 is 45.0. The number of oxazole rings is 1. The molecule has 0 radical (unpaired) electrons. The lowest BCUT2D eigenvalue weighted by molar-refractivity contribution is -0.144. The van der Waals surface area contributed by atoms with Gasteiger partial charge in [-0.2, -0.15) is 18.3 Å². The molecule has 132 valence electrons. The number of nitrogens with one attached hydrogen (secondary N) is 1. The Hall–Kier alpha value is -2.32. The number of nitrogens with zero attached hydrogens (tertiary/aromatic N) is 3. The van der Waals surface area contributed by atoms with E-state index in [-0.39, 0.29) is 24.8 Å². The lowest BCUT2D eigenvalue weighted by atomic mass is 10.1. The van der Waals surface area contributed by atoms with Gasteiger partial charge in [-0.1, -0.05) is 6.92 Å². The zero-order valence-corrected chi connectivity index (χ0v) is 13.9. The quantitative estimate of drug-likeness (QED) is 0.905. The number of halogens is 3. The Morgan fingerprint density at radius 3 is 2.58 bits per heavy atom. The summed E-state index contributed by atoms with van der Waals surface area (Å²) in [6.07, 6.45) is -4.46. The highest BCUT2D eigenvalue weighted by atomic mass is 19.4. The topological polar surface area (TPSA) is 73.0 Å². The second-order valence-corrected chi connectivity index (χ2v) is 5.81. The summed E-state index contributed by atoms with van der Waals surface area (Å²) in [5.74, 6) is -0.190. The van der Waals surface area contributed by atoms with Crippen LogP contribution >= 0.6 is 0 Å². The van der Waals surface area contributed by atoms with Crippen LogP contribution in [0.25, 0.3) is 0 Å². The van der Waals surface area contributed by atoms with Gasteiger partial charge in [-0.15, -0.1) is 0 Å². The van der Waals surface area contributed by atoms with Gasteiger partial charge < -0.3 is 9.73 Å². The summed E-state index contributed by atoms with van der Waals surface area (Å²) in [5.41, 5.74) is -0.0223. The first-order valence-corrected chi connectivity index (χ1v) is 7.41. The van der Waals surface area contributed by atoms with Gasteiger partial charge in [0.1, 0.15) is 5.69 Å². The summed E-state index contributed by atoms with van der Waals surface area (Å²) in [6.45, 7) is 6.75. The van der Waals surface area contributed by atoms with Gasteiger partial charge in [0.25, 0.3) is 5.91 Å². The Bertz CT molecular complexity index is 734. The normalized spacial score (nSPS) is 13.1. The Balaban J connectivity index is 1.98. The number of aromatic nitrogens is 3. The monoisotopic (exact) mass is 344 g/mol. The molecule has 0 saturated heterocycles. The molecule has 24 heavy (non-hydrogen) atoms. The van der Waals surface area contributed by atoms with Crippen molar-refractivity contribution in [1.82, 2.24) is 20.1 Å². The van der Waals surface area contributed by atoms with Crippen LogP contribution in [0.1, 0.15) is 40.5 Å². The maximum absolute atomic E-state index is 12.9. The molecule has 9 heteroatoms. The van der Waals surface area contributed by atoms with Gasteiger partial charge in [0.15, 0.2) is 5.89 Å². The van der Waals surface area contributed by atoms with Gasteiger partial charge >= 0.3 is 6.18 Å². The van der Waals surface area contributed by atoms with Gasteiger partial charge in [0.2, 0.25) is 5.76 Å². The summed E-state index contributed by atoms with van der Waals surface area (Å²) in [6, 6.07) is 1.01. The van der Waals surface area contributed by atoms with Crippen molar-refractivity contribution in [1.29, 1.82) is 0 Å². The zero-order valence-electron chi connectivity index (χ0n) is 13.9. The number of rotatable bonds is 5. The molecule has 0 spiro atoms. The molecule has 1 N–H and O–H groups in total. The van der Waals surface area contributed by atoms with Crippen LogP contribution < -0.4 is 5.32 Å². The molecule has 2 aromatic rings. The van der Waals surface area contributed by atoms with Crippen LogP contribution in [0.3, 0.4) is 0 Å². The first kappa shape index (κ1) is 18.0. The van der Waals surface area contributed by atoms with Crippen LogP contribution in [-0.2, 0) is 12.7 Å². The molecule has 0 fully saturated rings. The van der Waals surface area contributed by atoms with E-state index < -0.39 is 17.8 Å². The maximum Gasteiger partial charge on any atom is 0.433 e. The molecular formula is C15H19F3N4O2. The highest BCUT2D eigenvalue weighted by Crippen LogP contribution is 2.30. The first-order valence-electron chi connectivity index (χ1n) is 7.41. The van der Waals surface area contributed by atoms with E-state index in [1.54, 1.807) is 20.8 Å². The Labute approximate surface area is 137 Å². The molecule has 6 nitrogen and oxygen atoms in total. The molecule has 0 aliphatic heterocycles. The van der Waals surface area contributed by atoms with Crippen molar-refractivity contribution in [3.8, 4) is 0 Å². The standard InChI is InChI=1S/C15H19F3N4O2/c1-8(6-19-14(23)13-10(3)20-11(4)24-13)7-22-12(15(16,17)18)5-9(2)21-22/h5,8H,6-7H2,1-4H3,(H,19,23)/t8-/m1/s1. The Morgan fingerprint density at radius 1 is 1.38 bits per heavy atom. The Kier molecular flexibility index (Phi) is 5.00. The SMILES string of the molecule is Cc1cc(C(F)(F)F)n(C[C@H](C)CNC(=O)c2oc(C)nc2C)n1. The largest absolute Gasteiger partial charge is 0.436 e. The number of hydrogen-bond donors (Lipinski definition) is 1. The van der Waals surface area contributed by atoms with Crippen LogP contribution in [0.5, 0.6) is 0 Å². The fraction of sp³-hybridized carbons (Fsp3) is 0.533. The van der Waals surface area contributed by atoms with Crippen molar-refractivity contribution < 1.29 is 22.4 Å². The minimum atomic E-state index is -4.46. The van der Waals surface area contributed by atoms with Crippen LogP contribution in [-0.4, -0.2) is 27.2 Å². The predicted octanol–water partition coefficient (Wildman–Crippen LogP) is 2.88. The summed E-state index contributed by atoms with van der Waals surface area (Å²) in [4.78, 5) is 16.0. The first-order chi connectivity index (χ1) is 11.1. The number of carbonyl (C=O) groups is 1. The van der Waals surface area contributed by atoms with Crippen LogP contribution in [0, 0.1) is 26.7 Å².